The van der Waals surface area contributed by atoms with Gasteiger partial charge >= 0.3 is 0 Å². The second-order valence-electron chi connectivity index (χ2n) is 4.91. The fraction of sp³-hybridized carbons (Fsp3) is 0.538. The SMILES string of the molecule is CN(CCN1CCNCC1)c1ccc([N+](=O)[O-])cc1Cl. The molecular weight excluding hydrogens is 280 g/mol. The monoisotopic (exact) mass is 298 g/mol. The first kappa shape index (κ1) is 15.0. The zero-order valence-electron chi connectivity index (χ0n) is 11.5. The van der Waals surface area contributed by atoms with E-state index in [2.05, 4.69) is 10.2 Å². The average molecular weight is 299 g/mol. The van der Waals surface area contributed by atoms with E-state index < -0.39 is 4.92 Å². The molecule has 110 valence electrons. The minimum absolute atomic E-state index is 0.0225. The van der Waals surface area contributed by atoms with Gasteiger partial charge in [-0.1, -0.05) is 11.6 Å². The molecule has 0 saturated carbocycles. The Morgan fingerprint density at radius 2 is 2.15 bits per heavy atom. The third-order valence-electron chi connectivity index (χ3n) is 3.51. The number of nitro groups is 1. The molecule has 6 nitrogen and oxygen atoms in total. The Bertz CT molecular complexity index is 477. The van der Waals surface area contributed by atoms with E-state index in [4.69, 9.17) is 11.6 Å². The molecule has 0 atom stereocenters. The van der Waals surface area contributed by atoms with E-state index >= 15 is 0 Å². The van der Waals surface area contributed by atoms with Gasteiger partial charge in [0.15, 0.2) is 0 Å². The third-order valence-corrected chi connectivity index (χ3v) is 3.82. The van der Waals surface area contributed by atoms with Gasteiger partial charge < -0.3 is 10.2 Å². The van der Waals surface area contributed by atoms with E-state index in [1.54, 1.807) is 6.07 Å². The maximum absolute atomic E-state index is 10.7. The molecule has 1 N–H and O–H groups in total. The van der Waals surface area contributed by atoms with Gasteiger partial charge in [-0.05, 0) is 6.07 Å². The van der Waals surface area contributed by atoms with Gasteiger partial charge in [0.05, 0.1) is 15.6 Å². The standard InChI is InChI=1S/C13H19ClN4O2/c1-16(8-9-17-6-4-15-5-7-17)13-3-2-11(18(19)20)10-12(13)14/h2-3,10,15H,4-9H2,1H3. The van der Waals surface area contributed by atoms with Crippen molar-refractivity contribution in [3.63, 3.8) is 0 Å². The van der Waals surface area contributed by atoms with Gasteiger partial charge in [-0.2, -0.15) is 0 Å². The van der Waals surface area contributed by atoms with Crippen LogP contribution in [-0.4, -0.2) is 56.1 Å². The number of nitrogens with one attached hydrogen (secondary N) is 1. The topological polar surface area (TPSA) is 61.6 Å². The van der Waals surface area contributed by atoms with Crippen molar-refractivity contribution in [1.29, 1.82) is 0 Å². The minimum atomic E-state index is -0.434. The summed E-state index contributed by atoms with van der Waals surface area (Å²) in [5, 5.41) is 14.4. The molecule has 2 rings (SSSR count). The second-order valence-corrected chi connectivity index (χ2v) is 5.31. The van der Waals surface area contributed by atoms with Crippen LogP contribution >= 0.6 is 11.6 Å². The Hall–Kier alpha value is -1.37. The van der Waals surface area contributed by atoms with Gasteiger partial charge in [-0.3, -0.25) is 15.0 Å². The van der Waals surface area contributed by atoms with E-state index in [9.17, 15) is 10.1 Å². The summed E-state index contributed by atoms with van der Waals surface area (Å²) in [4.78, 5) is 14.7. The molecule has 0 spiro atoms. The summed E-state index contributed by atoms with van der Waals surface area (Å²) in [7, 11) is 1.95. The quantitative estimate of drug-likeness (QED) is 0.661. The van der Waals surface area contributed by atoms with Crippen molar-refractivity contribution in [3.05, 3.63) is 33.3 Å². The van der Waals surface area contributed by atoms with Gasteiger partial charge in [-0.25, -0.2) is 0 Å². The summed E-state index contributed by atoms with van der Waals surface area (Å²) in [5.41, 5.74) is 0.849. The zero-order chi connectivity index (χ0) is 14.5. The van der Waals surface area contributed by atoms with Crippen molar-refractivity contribution in [2.24, 2.45) is 0 Å². The van der Waals surface area contributed by atoms with Crippen molar-refractivity contribution < 1.29 is 4.92 Å². The van der Waals surface area contributed by atoms with Crippen LogP contribution in [0.25, 0.3) is 0 Å². The van der Waals surface area contributed by atoms with Crippen molar-refractivity contribution in [1.82, 2.24) is 10.2 Å². The summed E-state index contributed by atoms with van der Waals surface area (Å²) >= 11 is 6.12. The smallest absolute Gasteiger partial charge is 0.271 e. The molecule has 0 unspecified atom stereocenters. The summed E-state index contributed by atoms with van der Waals surface area (Å²) in [5.74, 6) is 0. The Morgan fingerprint density at radius 1 is 1.45 bits per heavy atom. The van der Waals surface area contributed by atoms with Crippen LogP contribution < -0.4 is 10.2 Å². The molecule has 1 aliphatic heterocycles. The summed E-state index contributed by atoms with van der Waals surface area (Å²) < 4.78 is 0. The highest BCUT2D eigenvalue weighted by atomic mass is 35.5. The van der Waals surface area contributed by atoms with Crippen LogP contribution in [0.2, 0.25) is 5.02 Å². The van der Waals surface area contributed by atoms with Crippen LogP contribution in [0, 0.1) is 10.1 Å². The highest BCUT2D eigenvalue weighted by Gasteiger charge is 2.14. The first-order chi connectivity index (χ1) is 9.58. The number of piperazine rings is 1. The Labute approximate surface area is 123 Å². The molecule has 1 aromatic carbocycles. The van der Waals surface area contributed by atoms with E-state index in [0.717, 1.165) is 45.0 Å². The lowest BCUT2D eigenvalue weighted by Gasteiger charge is -2.30. The van der Waals surface area contributed by atoms with Crippen LogP contribution in [0.1, 0.15) is 0 Å². The highest BCUT2D eigenvalue weighted by molar-refractivity contribution is 6.33. The lowest BCUT2D eigenvalue weighted by molar-refractivity contribution is -0.384. The fourth-order valence-corrected chi connectivity index (χ4v) is 2.58. The third kappa shape index (κ3) is 3.82. The van der Waals surface area contributed by atoms with Crippen molar-refractivity contribution >= 4 is 23.0 Å². The van der Waals surface area contributed by atoms with Gasteiger partial charge in [0.1, 0.15) is 0 Å². The van der Waals surface area contributed by atoms with Gasteiger partial charge in [-0.15, -0.1) is 0 Å². The molecule has 20 heavy (non-hydrogen) atoms. The number of hydrogen-bond acceptors (Lipinski definition) is 5. The molecule has 1 heterocycles. The lowest BCUT2D eigenvalue weighted by atomic mass is 10.2. The molecule has 1 aromatic rings. The Morgan fingerprint density at radius 3 is 2.75 bits per heavy atom. The van der Waals surface area contributed by atoms with Crippen LogP contribution in [0.4, 0.5) is 11.4 Å². The maximum Gasteiger partial charge on any atom is 0.271 e. The molecular formula is C13H19ClN4O2. The number of benzene rings is 1. The zero-order valence-corrected chi connectivity index (χ0v) is 12.3. The predicted octanol–water partition coefficient (Wildman–Crippen LogP) is 1.59. The molecule has 1 fully saturated rings. The largest absolute Gasteiger partial charge is 0.372 e. The summed E-state index contributed by atoms with van der Waals surface area (Å²) in [6.07, 6.45) is 0. The number of hydrogen-bond donors (Lipinski definition) is 1. The van der Waals surface area contributed by atoms with Crippen LogP contribution in [0.3, 0.4) is 0 Å². The number of nitro benzene ring substituents is 1. The van der Waals surface area contributed by atoms with Crippen molar-refractivity contribution in [3.8, 4) is 0 Å². The van der Waals surface area contributed by atoms with Crippen LogP contribution in [0.15, 0.2) is 18.2 Å². The van der Waals surface area contributed by atoms with E-state index in [1.807, 2.05) is 11.9 Å². The number of nitrogens with zero attached hydrogens (tertiary/aromatic N) is 3. The summed E-state index contributed by atoms with van der Waals surface area (Å²) in [6, 6.07) is 4.60. The number of anilines is 1. The molecule has 1 aliphatic rings. The van der Waals surface area contributed by atoms with Crippen LogP contribution in [0.5, 0.6) is 0 Å². The average Bonchev–Trinajstić information content (AvgIpc) is 2.45. The fourth-order valence-electron chi connectivity index (χ4n) is 2.27. The van der Waals surface area contributed by atoms with E-state index in [0.29, 0.717) is 5.02 Å². The number of halogens is 1. The predicted molar refractivity (Wildman–Crippen MR) is 80.7 cm³/mol. The Kier molecular flexibility index (Phi) is 5.17. The first-order valence-electron chi connectivity index (χ1n) is 6.66. The molecule has 0 aromatic heterocycles. The van der Waals surface area contributed by atoms with Crippen molar-refractivity contribution in [2.45, 2.75) is 0 Å². The first-order valence-corrected chi connectivity index (χ1v) is 7.04. The van der Waals surface area contributed by atoms with E-state index in [-0.39, 0.29) is 5.69 Å². The van der Waals surface area contributed by atoms with E-state index in [1.165, 1.54) is 12.1 Å². The number of likely N-dealkylation sites (N-methyl/N-ethyl adjacent to an activating group) is 1. The number of non-ortho nitro benzene ring substituents is 1. The molecule has 0 bridgehead atoms. The van der Waals surface area contributed by atoms with Gasteiger partial charge in [0, 0.05) is 58.4 Å². The van der Waals surface area contributed by atoms with Gasteiger partial charge in [0.2, 0.25) is 0 Å². The molecule has 1 saturated heterocycles. The lowest BCUT2D eigenvalue weighted by Crippen LogP contribution is -2.46. The Balaban J connectivity index is 1.94. The molecule has 0 radical (unpaired) electrons. The van der Waals surface area contributed by atoms with Gasteiger partial charge in [0.25, 0.3) is 5.69 Å². The van der Waals surface area contributed by atoms with Crippen LogP contribution in [-0.2, 0) is 0 Å². The second kappa shape index (κ2) is 6.88. The van der Waals surface area contributed by atoms with Crippen molar-refractivity contribution in [2.75, 3.05) is 51.2 Å². The number of rotatable bonds is 5. The summed E-state index contributed by atoms with van der Waals surface area (Å²) in [6.45, 7) is 5.98. The maximum atomic E-state index is 10.7. The normalized spacial score (nSPS) is 16.1. The molecule has 7 heteroatoms. The molecule has 0 aliphatic carbocycles. The minimum Gasteiger partial charge on any atom is -0.372 e. The molecule has 0 amide bonds. The highest BCUT2D eigenvalue weighted by Crippen LogP contribution is 2.28.